The normalized spacial score (nSPS) is 17.9. The first-order chi connectivity index (χ1) is 12.7. The van der Waals surface area contributed by atoms with E-state index in [0.717, 1.165) is 36.4 Å². The van der Waals surface area contributed by atoms with Gasteiger partial charge in [0.1, 0.15) is 0 Å². The van der Waals surface area contributed by atoms with Crippen molar-refractivity contribution < 1.29 is 9.59 Å². The summed E-state index contributed by atoms with van der Waals surface area (Å²) < 4.78 is 0. The summed E-state index contributed by atoms with van der Waals surface area (Å²) in [5.74, 6) is 1.17. The quantitative estimate of drug-likeness (QED) is 0.867. The van der Waals surface area contributed by atoms with Crippen molar-refractivity contribution in [3.05, 3.63) is 29.5 Å². The zero-order valence-electron chi connectivity index (χ0n) is 14.4. The monoisotopic (exact) mass is 371 g/mol. The van der Waals surface area contributed by atoms with E-state index in [-0.39, 0.29) is 23.7 Å². The van der Waals surface area contributed by atoms with E-state index in [2.05, 4.69) is 20.3 Å². The molecule has 8 heteroatoms. The molecule has 0 atom stereocenters. The first kappa shape index (κ1) is 17.1. The van der Waals surface area contributed by atoms with Crippen LogP contribution in [0.3, 0.4) is 0 Å². The molecule has 1 aliphatic carbocycles. The van der Waals surface area contributed by atoms with Crippen molar-refractivity contribution in [1.82, 2.24) is 25.2 Å². The van der Waals surface area contributed by atoms with Crippen molar-refractivity contribution in [2.45, 2.75) is 32.2 Å². The third-order valence-electron chi connectivity index (χ3n) is 4.86. The minimum absolute atomic E-state index is 0.0196. The second kappa shape index (κ2) is 7.49. The highest BCUT2D eigenvalue weighted by Gasteiger charge is 2.35. The molecule has 1 saturated heterocycles. The maximum atomic E-state index is 12.4. The summed E-state index contributed by atoms with van der Waals surface area (Å²) in [4.78, 5) is 39.3. The van der Waals surface area contributed by atoms with Crippen molar-refractivity contribution in [1.29, 1.82) is 0 Å². The number of likely N-dealkylation sites (tertiary alicyclic amines) is 1. The van der Waals surface area contributed by atoms with Gasteiger partial charge in [-0.15, -0.1) is 11.3 Å². The Morgan fingerprint density at radius 2 is 1.85 bits per heavy atom. The van der Waals surface area contributed by atoms with Crippen LogP contribution >= 0.6 is 11.3 Å². The SMILES string of the molecule is O=C(NCc1csc(-c2ncccn2)n1)C1CCN(C(=O)C2CC2)CC1. The van der Waals surface area contributed by atoms with Crippen LogP contribution in [0.25, 0.3) is 10.8 Å². The standard InChI is InChI=1S/C18H21N5O2S/c24-16(12-4-8-23(9-5-12)18(25)13-2-3-13)21-10-14-11-26-17(22-14)15-19-6-1-7-20-15/h1,6-7,11-13H,2-5,8-10H2,(H,21,24). The maximum absolute atomic E-state index is 12.4. The molecule has 4 rings (SSSR count). The molecule has 0 aromatic carbocycles. The minimum atomic E-state index is -0.0196. The molecular formula is C18H21N5O2S. The fourth-order valence-corrected chi connectivity index (χ4v) is 3.94. The van der Waals surface area contributed by atoms with Gasteiger partial charge < -0.3 is 10.2 Å². The van der Waals surface area contributed by atoms with Crippen LogP contribution < -0.4 is 5.32 Å². The molecule has 3 heterocycles. The van der Waals surface area contributed by atoms with Crippen LogP contribution in [-0.2, 0) is 16.1 Å². The number of thiazole rings is 1. The molecule has 1 N–H and O–H groups in total. The lowest BCUT2D eigenvalue weighted by Crippen LogP contribution is -2.43. The number of carbonyl (C=O) groups is 2. The van der Waals surface area contributed by atoms with Crippen LogP contribution in [0.15, 0.2) is 23.8 Å². The van der Waals surface area contributed by atoms with Gasteiger partial charge in [-0.2, -0.15) is 0 Å². The van der Waals surface area contributed by atoms with Crippen LogP contribution in [0.1, 0.15) is 31.4 Å². The van der Waals surface area contributed by atoms with E-state index < -0.39 is 0 Å². The molecular weight excluding hydrogens is 350 g/mol. The third kappa shape index (κ3) is 3.90. The molecule has 0 radical (unpaired) electrons. The molecule has 7 nitrogen and oxygen atoms in total. The molecule has 2 amide bonds. The first-order valence-corrected chi connectivity index (χ1v) is 9.87. The Hall–Kier alpha value is -2.35. The Labute approximate surface area is 155 Å². The summed E-state index contributed by atoms with van der Waals surface area (Å²) in [7, 11) is 0. The Kier molecular flexibility index (Phi) is 4.92. The number of hydrogen-bond donors (Lipinski definition) is 1. The summed E-state index contributed by atoms with van der Waals surface area (Å²) in [6, 6.07) is 1.77. The smallest absolute Gasteiger partial charge is 0.225 e. The predicted molar refractivity (Wildman–Crippen MR) is 97.0 cm³/mol. The molecule has 26 heavy (non-hydrogen) atoms. The van der Waals surface area contributed by atoms with Gasteiger partial charge in [0.2, 0.25) is 11.8 Å². The van der Waals surface area contributed by atoms with Crippen LogP contribution in [0.2, 0.25) is 0 Å². The predicted octanol–water partition coefficient (Wildman–Crippen LogP) is 1.86. The highest BCUT2D eigenvalue weighted by molar-refractivity contribution is 7.13. The number of nitrogens with one attached hydrogen (secondary N) is 1. The van der Waals surface area contributed by atoms with E-state index in [4.69, 9.17) is 0 Å². The molecule has 2 aromatic heterocycles. The number of rotatable bonds is 5. The largest absolute Gasteiger partial charge is 0.350 e. The second-order valence-corrected chi connectivity index (χ2v) is 7.67. The third-order valence-corrected chi connectivity index (χ3v) is 5.74. The lowest BCUT2D eigenvalue weighted by molar-refractivity contribution is -0.136. The summed E-state index contributed by atoms with van der Waals surface area (Å²) in [5, 5.41) is 5.64. The van der Waals surface area contributed by atoms with Crippen molar-refractivity contribution in [3.8, 4) is 10.8 Å². The Balaban J connectivity index is 1.25. The van der Waals surface area contributed by atoms with Gasteiger partial charge in [0.25, 0.3) is 0 Å². The van der Waals surface area contributed by atoms with Gasteiger partial charge >= 0.3 is 0 Å². The summed E-state index contributed by atoms with van der Waals surface area (Å²) in [5.41, 5.74) is 0.812. The average molecular weight is 371 g/mol. The molecule has 2 aromatic rings. The summed E-state index contributed by atoms with van der Waals surface area (Å²) in [6.07, 6.45) is 6.91. The fraction of sp³-hybridized carbons (Fsp3) is 0.500. The van der Waals surface area contributed by atoms with E-state index in [1.54, 1.807) is 18.5 Å². The Bertz CT molecular complexity index is 782. The van der Waals surface area contributed by atoms with Crippen molar-refractivity contribution in [2.24, 2.45) is 11.8 Å². The van der Waals surface area contributed by atoms with Crippen LogP contribution in [0.5, 0.6) is 0 Å². The molecule has 1 aliphatic heterocycles. The average Bonchev–Trinajstić information content (AvgIpc) is 3.44. The van der Waals surface area contributed by atoms with E-state index in [0.29, 0.717) is 25.5 Å². The molecule has 1 saturated carbocycles. The summed E-state index contributed by atoms with van der Waals surface area (Å²) in [6.45, 7) is 1.79. The molecule has 2 aliphatic rings. The highest BCUT2D eigenvalue weighted by Crippen LogP contribution is 2.32. The second-order valence-electron chi connectivity index (χ2n) is 6.81. The number of piperidine rings is 1. The first-order valence-electron chi connectivity index (χ1n) is 8.99. The van der Waals surface area contributed by atoms with Gasteiger partial charge in [-0.25, -0.2) is 15.0 Å². The van der Waals surface area contributed by atoms with Crippen LogP contribution in [0, 0.1) is 11.8 Å². The number of amides is 2. The zero-order chi connectivity index (χ0) is 17.9. The van der Waals surface area contributed by atoms with Gasteiger partial charge in [0, 0.05) is 42.7 Å². The zero-order valence-corrected chi connectivity index (χ0v) is 15.2. The highest BCUT2D eigenvalue weighted by atomic mass is 32.1. The molecule has 0 spiro atoms. The lowest BCUT2D eigenvalue weighted by atomic mass is 9.95. The van der Waals surface area contributed by atoms with Crippen LogP contribution in [0.4, 0.5) is 0 Å². The Morgan fingerprint density at radius 3 is 2.54 bits per heavy atom. The van der Waals surface area contributed by atoms with Crippen molar-refractivity contribution >= 4 is 23.2 Å². The van der Waals surface area contributed by atoms with Crippen LogP contribution in [-0.4, -0.2) is 44.8 Å². The number of hydrogen-bond acceptors (Lipinski definition) is 6. The van der Waals surface area contributed by atoms with Gasteiger partial charge in [0.15, 0.2) is 10.8 Å². The topological polar surface area (TPSA) is 88.1 Å². The summed E-state index contributed by atoms with van der Waals surface area (Å²) >= 11 is 1.47. The molecule has 0 unspecified atom stereocenters. The molecule has 2 fully saturated rings. The van der Waals surface area contributed by atoms with Gasteiger partial charge in [-0.05, 0) is 31.7 Å². The lowest BCUT2D eigenvalue weighted by Gasteiger charge is -2.31. The number of carbonyl (C=O) groups excluding carboxylic acids is 2. The van der Waals surface area contributed by atoms with Gasteiger partial charge in [-0.1, -0.05) is 0 Å². The molecule has 0 bridgehead atoms. The van der Waals surface area contributed by atoms with E-state index in [1.807, 2.05) is 10.3 Å². The van der Waals surface area contributed by atoms with Crippen molar-refractivity contribution in [3.63, 3.8) is 0 Å². The van der Waals surface area contributed by atoms with Crippen molar-refractivity contribution in [2.75, 3.05) is 13.1 Å². The van der Waals surface area contributed by atoms with Gasteiger partial charge in [0.05, 0.1) is 12.2 Å². The van der Waals surface area contributed by atoms with Gasteiger partial charge in [-0.3, -0.25) is 9.59 Å². The minimum Gasteiger partial charge on any atom is -0.350 e. The van der Waals surface area contributed by atoms with E-state index in [9.17, 15) is 9.59 Å². The van der Waals surface area contributed by atoms with E-state index in [1.165, 1.54) is 11.3 Å². The number of aromatic nitrogens is 3. The number of nitrogens with zero attached hydrogens (tertiary/aromatic N) is 4. The van der Waals surface area contributed by atoms with E-state index >= 15 is 0 Å². The fourth-order valence-electron chi connectivity index (χ4n) is 3.17. The molecule has 136 valence electrons. The maximum Gasteiger partial charge on any atom is 0.225 e. The Morgan fingerprint density at radius 1 is 1.12 bits per heavy atom.